The van der Waals surface area contributed by atoms with Crippen LogP contribution in [0.4, 0.5) is 0 Å². The van der Waals surface area contributed by atoms with E-state index < -0.39 is 61.7 Å². The van der Waals surface area contributed by atoms with E-state index in [2.05, 4.69) is 0 Å². The molecule has 7 N–H and O–H groups in total. The molecular weight excluding hydrogens is 408 g/mol. The number of rotatable bonds is 8. The van der Waals surface area contributed by atoms with Crippen LogP contribution in [-0.2, 0) is 11.3 Å². The van der Waals surface area contributed by atoms with Gasteiger partial charge in [-0.1, -0.05) is 18.2 Å². The van der Waals surface area contributed by atoms with Gasteiger partial charge in [-0.05, 0) is 35.7 Å². The number of aliphatic hydroxyl groups excluding tert-OH is 5. The molecule has 2 aromatic carbocycles. The summed E-state index contributed by atoms with van der Waals surface area (Å²) in [6.45, 7) is -0.367. The summed E-state index contributed by atoms with van der Waals surface area (Å²) in [5, 5.41) is 70.0. The lowest BCUT2D eigenvalue weighted by Crippen LogP contribution is -2.45. The molecule has 5 atom stereocenters. The number of hydrogen-bond acceptors (Lipinski definition) is 9. The Morgan fingerprint density at radius 2 is 1.65 bits per heavy atom. The summed E-state index contributed by atoms with van der Waals surface area (Å²) in [7, 11) is 0. The normalized spacial score (nSPS) is 19.3. The van der Waals surface area contributed by atoms with E-state index in [9.17, 15) is 40.5 Å². The molecule has 2 aromatic rings. The van der Waals surface area contributed by atoms with Gasteiger partial charge in [0.25, 0.3) is 0 Å². The van der Waals surface area contributed by atoms with Crippen molar-refractivity contribution in [2.45, 2.75) is 43.9 Å². The van der Waals surface area contributed by atoms with Gasteiger partial charge in [0.2, 0.25) is 5.78 Å². The number of ether oxygens (including phenoxy) is 1. The molecule has 0 saturated heterocycles. The van der Waals surface area contributed by atoms with Crippen LogP contribution < -0.4 is 0 Å². The minimum atomic E-state index is -1.45. The highest BCUT2D eigenvalue weighted by molar-refractivity contribution is 6.16. The van der Waals surface area contributed by atoms with Crippen LogP contribution in [-0.4, -0.2) is 79.2 Å². The summed E-state index contributed by atoms with van der Waals surface area (Å²) in [5.41, 5.74) is 0.723. The molecule has 9 nitrogen and oxygen atoms in total. The zero-order valence-corrected chi connectivity index (χ0v) is 16.8. The highest BCUT2D eigenvalue weighted by Crippen LogP contribution is 2.45. The fraction of sp³-hybridized carbons (Fsp3) is 0.409. The molecule has 5 unspecified atom stereocenters. The first kappa shape index (κ1) is 23.1. The number of aliphatic hydroxyl groups is 5. The van der Waals surface area contributed by atoms with E-state index in [1.165, 1.54) is 31.2 Å². The van der Waals surface area contributed by atoms with E-state index in [-0.39, 0.29) is 22.4 Å². The number of benzene rings is 2. The lowest BCUT2D eigenvalue weighted by atomic mass is 9.73. The molecule has 1 aliphatic rings. The molecule has 31 heavy (non-hydrogen) atoms. The first-order valence-corrected chi connectivity index (χ1v) is 9.81. The fourth-order valence-corrected chi connectivity index (χ4v) is 4.04. The van der Waals surface area contributed by atoms with Crippen molar-refractivity contribution in [3.05, 3.63) is 58.1 Å². The van der Waals surface area contributed by atoms with Crippen LogP contribution in [0.3, 0.4) is 0 Å². The molecule has 0 heterocycles. The average molecular weight is 434 g/mol. The number of aromatic hydroxyl groups is 2. The van der Waals surface area contributed by atoms with E-state index in [1.54, 1.807) is 6.07 Å². The van der Waals surface area contributed by atoms with Crippen molar-refractivity contribution in [3.8, 4) is 11.5 Å². The van der Waals surface area contributed by atoms with Crippen molar-refractivity contribution in [2.24, 2.45) is 0 Å². The Labute approximate surface area is 178 Å². The van der Waals surface area contributed by atoms with Gasteiger partial charge in [-0.2, -0.15) is 0 Å². The quantitative estimate of drug-likeness (QED) is 0.296. The Morgan fingerprint density at radius 3 is 2.23 bits per heavy atom. The summed E-state index contributed by atoms with van der Waals surface area (Å²) in [5.74, 6) is -2.23. The maximum atomic E-state index is 13.1. The van der Waals surface area contributed by atoms with Crippen LogP contribution in [0.5, 0.6) is 11.5 Å². The van der Waals surface area contributed by atoms with E-state index in [4.69, 9.17) is 4.74 Å². The van der Waals surface area contributed by atoms with Crippen molar-refractivity contribution in [1.82, 2.24) is 0 Å². The van der Waals surface area contributed by atoms with Crippen LogP contribution in [0.1, 0.15) is 45.5 Å². The van der Waals surface area contributed by atoms with E-state index in [0.29, 0.717) is 11.1 Å². The van der Waals surface area contributed by atoms with Crippen LogP contribution in [0.15, 0.2) is 30.3 Å². The SMILES string of the molecule is CC(O)C(O)C(CO)OC(CO)C1c2cccc(O)c2C(=O)c2c(O)cc(CO)cc21. The molecule has 9 heteroatoms. The molecule has 0 aliphatic heterocycles. The van der Waals surface area contributed by atoms with Gasteiger partial charge < -0.3 is 40.5 Å². The number of fused-ring (bicyclic) bond motifs is 2. The lowest BCUT2D eigenvalue weighted by Gasteiger charge is -2.36. The summed E-state index contributed by atoms with van der Waals surface area (Å²) < 4.78 is 5.77. The topological polar surface area (TPSA) is 168 Å². The molecule has 1 aliphatic carbocycles. The third kappa shape index (κ3) is 4.16. The second-order valence-corrected chi connectivity index (χ2v) is 7.59. The van der Waals surface area contributed by atoms with Crippen molar-refractivity contribution < 1.29 is 45.3 Å². The molecule has 3 rings (SSSR count). The van der Waals surface area contributed by atoms with Gasteiger partial charge in [-0.25, -0.2) is 0 Å². The summed E-state index contributed by atoms with van der Waals surface area (Å²) in [6.07, 6.45) is -5.07. The average Bonchev–Trinajstić information content (AvgIpc) is 2.74. The number of phenols is 2. The van der Waals surface area contributed by atoms with Crippen molar-refractivity contribution in [3.63, 3.8) is 0 Å². The van der Waals surface area contributed by atoms with Crippen LogP contribution in [0.2, 0.25) is 0 Å². The lowest BCUT2D eigenvalue weighted by molar-refractivity contribution is -0.139. The van der Waals surface area contributed by atoms with E-state index in [1.807, 2.05) is 0 Å². The summed E-state index contributed by atoms with van der Waals surface area (Å²) in [4.78, 5) is 13.1. The zero-order valence-electron chi connectivity index (χ0n) is 16.8. The Bertz CT molecular complexity index is 956. The Morgan fingerprint density at radius 1 is 0.968 bits per heavy atom. The summed E-state index contributed by atoms with van der Waals surface area (Å²) in [6, 6.07) is 7.13. The Balaban J connectivity index is 2.19. The largest absolute Gasteiger partial charge is 0.507 e. The van der Waals surface area contributed by atoms with Gasteiger partial charge in [0.1, 0.15) is 23.7 Å². The van der Waals surface area contributed by atoms with Gasteiger partial charge in [0.15, 0.2) is 0 Å². The van der Waals surface area contributed by atoms with E-state index in [0.717, 1.165) is 0 Å². The second kappa shape index (κ2) is 9.31. The molecule has 0 radical (unpaired) electrons. The first-order chi connectivity index (χ1) is 14.7. The Kier molecular flexibility index (Phi) is 6.95. The highest BCUT2D eigenvalue weighted by atomic mass is 16.5. The molecule has 0 amide bonds. The standard InChI is InChI=1S/C22H26O9/c1-10(26)21(29)17(9-25)31-16(8-24)18-12-3-2-4-14(27)19(12)22(30)20-13(18)5-11(7-23)6-15(20)28/h2-6,10,16-18,21,23-29H,7-9H2,1H3. The molecule has 0 aromatic heterocycles. The number of carbonyl (C=O) groups is 1. The maximum Gasteiger partial charge on any atom is 0.201 e. The minimum Gasteiger partial charge on any atom is -0.507 e. The Hall–Kier alpha value is -2.53. The smallest absolute Gasteiger partial charge is 0.201 e. The van der Waals surface area contributed by atoms with Gasteiger partial charge in [-0.3, -0.25) is 4.79 Å². The van der Waals surface area contributed by atoms with Crippen LogP contribution >= 0.6 is 0 Å². The molecule has 0 fully saturated rings. The van der Waals surface area contributed by atoms with Gasteiger partial charge in [0, 0.05) is 5.92 Å². The van der Waals surface area contributed by atoms with Crippen LogP contribution in [0.25, 0.3) is 0 Å². The highest BCUT2D eigenvalue weighted by Gasteiger charge is 2.41. The minimum absolute atomic E-state index is 0.0641. The molecule has 168 valence electrons. The first-order valence-electron chi connectivity index (χ1n) is 9.81. The van der Waals surface area contributed by atoms with E-state index >= 15 is 0 Å². The fourth-order valence-electron chi connectivity index (χ4n) is 4.04. The van der Waals surface area contributed by atoms with Crippen molar-refractivity contribution in [2.75, 3.05) is 13.2 Å². The monoisotopic (exact) mass is 434 g/mol. The van der Waals surface area contributed by atoms with Gasteiger partial charge in [0.05, 0.1) is 43.2 Å². The van der Waals surface area contributed by atoms with Crippen molar-refractivity contribution >= 4 is 5.78 Å². The third-order valence-corrected chi connectivity index (χ3v) is 5.55. The van der Waals surface area contributed by atoms with Gasteiger partial charge >= 0.3 is 0 Å². The zero-order chi connectivity index (χ0) is 22.9. The number of phenolic OH excluding ortho intramolecular Hbond substituents is 2. The van der Waals surface area contributed by atoms with Crippen LogP contribution in [0, 0.1) is 0 Å². The van der Waals surface area contributed by atoms with Crippen molar-refractivity contribution in [1.29, 1.82) is 0 Å². The molecule has 0 saturated carbocycles. The second-order valence-electron chi connectivity index (χ2n) is 7.59. The maximum absolute atomic E-state index is 13.1. The molecule has 0 spiro atoms. The van der Waals surface area contributed by atoms with Gasteiger partial charge in [-0.15, -0.1) is 0 Å². The molecule has 0 bridgehead atoms. The summed E-state index contributed by atoms with van der Waals surface area (Å²) >= 11 is 0. The number of hydrogen-bond donors (Lipinski definition) is 7. The predicted octanol–water partition coefficient (Wildman–Crippen LogP) is -0.253. The molecular formula is C22H26O9. The number of carbonyl (C=O) groups excluding carboxylic acids is 1. The third-order valence-electron chi connectivity index (χ3n) is 5.55. The number of ketones is 1. The predicted molar refractivity (Wildman–Crippen MR) is 108 cm³/mol.